The van der Waals surface area contributed by atoms with E-state index in [4.69, 9.17) is 4.74 Å². The summed E-state index contributed by atoms with van der Waals surface area (Å²) in [4.78, 5) is 0. The normalized spacial score (nSPS) is 15.9. The van der Waals surface area contributed by atoms with Gasteiger partial charge in [-0.2, -0.15) is 0 Å². The standard InChI is InChI=1S/C17H17FO2/c1-11-2-5-13(18)10-16(11)17(19)12-3-6-14(7-4-12)20-15-8-9-15/h2-7,10,15,17,19H,8-9H2,1H3. The fourth-order valence-electron chi connectivity index (χ4n) is 2.19. The van der Waals surface area contributed by atoms with Gasteiger partial charge in [-0.1, -0.05) is 18.2 Å². The van der Waals surface area contributed by atoms with Crippen LogP contribution in [0.4, 0.5) is 4.39 Å². The van der Waals surface area contributed by atoms with Crippen LogP contribution in [0.2, 0.25) is 0 Å². The average molecular weight is 272 g/mol. The van der Waals surface area contributed by atoms with E-state index in [1.807, 2.05) is 31.2 Å². The third-order valence-electron chi connectivity index (χ3n) is 3.56. The molecule has 1 aliphatic rings. The van der Waals surface area contributed by atoms with Gasteiger partial charge in [0.2, 0.25) is 0 Å². The molecule has 0 radical (unpaired) electrons. The Labute approximate surface area is 117 Å². The molecule has 1 unspecified atom stereocenters. The molecule has 2 aromatic carbocycles. The molecule has 0 heterocycles. The monoisotopic (exact) mass is 272 g/mol. The molecule has 0 aromatic heterocycles. The van der Waals surface area contributed by atoms with Gasteiger partial charge in [-0.25, -0.2) is 4.39 Å². The van der Waals surface area contributed by atoms with Crippen molar-refractivity contribution in [3.05, 3.63) is 65.0 Å². The molecule has 1 N–H and O–H groups in total. The van der Waals surface area contributed by atoms with Gasteiger partial charge in [-0.3, -0.25) is 0 Å². The highest BCUT2D eigenvalue weighted by molar-refractivity contribution is 5.37. The Morgan fingerprint density at radius 2 is 1.85 bits per heavy atom. The van der Waals surface area contributed by atoms with Gasteiger partial charge in [-0.15, -0.1) is 0 Å². The summed E-state index contributed by atoms with van der Waals surface area (Å²) >= 11 is 0. The van der Waals surface area contributed by atoms with Gasteiger partial charge < -0.3 is 9.84 Å². The summed E-state index contributed by atoms with van der Waals surface area (Å²) in [5.74, 6) is 0.484. The molecule has 3 heteroatoms. The first-order valence-electron chi connectivity index (χ1n) is 6.84. The van der Waals surface area contributed by atoms with E-state index in [1.54, 1.807) is 6.07 Å². The van der Waals surface area contributed by atoms with Gasteiger partial charge in [0, 0.05) is 0 Å². The zero-order valence-electron chi connectivity index (χ0n) is 11.3. The number of aliphatic hydroxyl groups is 1. The van der Waals surface area contributed by atoms with Crippen molar-refractivity contribution in [2.24, 2.45) is 0 Å². The van der Waals surface area contributed by atoms with E-state index in [0.717, 1.165) is 29.7 Å². The third-order valence-corrected chi connectivity index (χ3v) is 3.56. The van der Waals surface area contributed by atoms with Crippen LogP contribution >= 0.6 is 0 Å². The van der Waals surface area contributed by atoms with Crippen molar-refractivity contribution in [3.63, 3.8) is 0 Å². The molecule has 2 aromatic rings. The minimum atomic E-state index is -0.819. The topological polar surface area (TPSA) is 29.5 Å². The molecule has 1 saturated carbocycles. The molecule has 3 rings (SSSR count). The van der Waals surface area contributed by atoms with Crippen molar-refractivity contribution in [2.45, 2.75) is 32.0 Å². The Morgan fingerprint density at radius 3 is 2.50 bits per heavy atom. The van der Waals surface area contributed by atoms with Gasteiger partial charge in [0.1, 0.15) is 17.7 Å². The van der Waals surface area contributed by atoms with Gasteiger partial charge in [0.15, 0.2) is 0 Å². The van der Waals surface area contributed by atoms with Crippen LogP contribution in [0.25, 0.3) is 0 Å². The molecule has 2 nitrogen and oxygen atoms in total. The second kappa shape index (κ2) is 5.25. The lowest BCUT2D eigenvalue weighted by Crippen LogP contribution is -2.03. The van der Waals surface area contributed by atoms with E-state index in [-0.39, 0.29) is 5.82 Å². The second-order valence-corrected chi connectivity index (χ2v) is 5.29. The van der Waals surface area contributed by atoms with Crippen molar-refractivity contribution in [1.29, 1.82) is 0 Å². The van der Waals surface area contributed by atoms with Crippen LogP contribution in [-0.4, -0.2) is 11.2 Å². The van der Waals surface area contributed by atoms with Crippen LogP contribution < -0.4 is 4.74 Å². The summed E-state index contributed by atoms with van der Waals surface area (Å²) < 4.78 is 19.0. The Hall–Kier alpha value is -1.87. The molecule has 1 fully saturated rings. The van der Waals surface area contributed by atoms with E-state index in [2.05, 4.69) is 0 Å². The lowest BCUT2D eigenvalue weighted by atomic mass is 9.97. The fourth-order valence-corrected chi connectivity index (χ4v) is 2.19. The van der Waals surface area contributed by atoms with E-state index in [1.165, 1.54) is 12.1 Å². The predicted octanol–water partition coefficient (Wildman–Crippen LogP) is 3.76. The summed E-state index contributed by atoms with van der Waals surface area (Å²) in [5, 5.41) is 10.4. The predicted molar refractivity (Wildman–Crippen MR) is 75.3 cm³/mol. The van der Waals surface area contributed by atoms with E-state index in [0.29, 0.717) is 11.7 Å². The second-order valence-electron chi connectivity index (χ2n) is 5.29. The minimum Gasteiger partial charge on any atom is -0.490 e. The molecule has 0 saturated heterocycles. The Morgan fingerprint density at radius 1 is 1.15 bits per heavy atom. The summed E-state index contributed by atoms with van der Waals surface area (Å²) in [6.45, 7) is 1.86. The quantitative estimate of drug-likeness (QED) is 0.918. The number of aliphatic hydroxyl groups excluding tert-OH is 1. The van der Waals surface area contributed by atoms with Gasteiger partial charge in [-0.05, 0) is 60.7 Å². The van der Waals surface area contributed by atoms with Crippen molar-refractivity contribution in [1.82, 2.24) is 0 Å². The molecule has 0 spiro atoms. The van der Waals surface area contributed by atoms with Crippen LogP contribution in [0, 0.1) is 12.7 Å². The number of ether oxygens (including phenoxy) is 1. The van der Waals surface area contributed by atoms with Crippen LogP contribution in [-0.2, 0) is 0 Å². The molecule has 20 heavy (non-hydrogen) atoms. The number of aryl methyl sites for hydroxylation is 1. The number of hydrogen-bond donors (Lipinski definition) is 1. The van der Waals surface area contributed by atoms with Crippen LogP contribution in [0.3, 0.4) is 0 Å². The number of benzene rings is 2. The van der Waals surface area contributed by atoms with Crippen molar-refractivity contribution in [3.8, 4) is 5.75 Å². The molecular weight excluding hydrogens is 255 g/mol. The smallest absolute Gasteiger partial charge is 0.123 e. The minimum absolute atomic E-state index is 0.335. The van der Waals surface area contributed by atoms with E-state index < -0.39 is 6.10 Å². The lowest BCUT2D eigenvalue weighted by Gasteiger charge is -2.15. The highest BCUT2D eigenvalue weighted by atomic mass is 19.1. The zero-order valence-corrected chi connectivity index (χ0v) is 11.3. The molecular formula is C17H17FO2. The maximum Gasteiger partial charge on any atom is 0.123 e. The average Bonchev–Trinajstić information content (AvgIpc) is 3.26. The largest absolute Gasteiger partial charge is 0.490 e. The highest BCUT2D eigenvalue weighted by Gasteiger charge is 2.23. The van der Waals surface area contributed by atoms with Crippen molar-refractivity contribution in [2.75, 3.05) is 0 Å². The van der Waals surface area contributed by atoms with Crippen LogP contribution in [0.15, 0.2) is 42.5 Å². The Kier molecular flexibility index (Phi) is 3.45. The first-order chi connectivity index (χ1) is 9.63. The summed E-state index contributed by atoms with van der Waals surface area (Å²) in [6.07, 6.45) is 1.77. The molecule has 104 valence electrons. The molecule has 1 aliphatic carbocycles. The summed E-state index contributed by atoms with van der Waals surface area (Å²) in [7, 11) is 0. The first kappa shape index (κ1) is 13.1. The highest BCUT2D eigenvalue weighted by Crippen LogP contribution is 2.30. The summed E-state index contributed by atoms with van der Waals surface area (Å²) in [5.41, 5.74) is 2.21. The van der Waals surface area contributed by atoms with Gasteiger partial charge in [0.25, 0.3) is 0 Å². The molecule has 1 atom stereocenters. The van der Waals surface area contributed by atoms with Crippen LogP contribution in [0.5, 0.6) is 5.75 Å². The number of rotatable bonds is 4. The third kappa shape index (κ3) is 2.83. The van der Waals surface area contributed by atoms with E-state index >= 15 is 0 Å². The van der Waals surface area contributed by atoms with Crippen molar-refractivity contribution >= 4 is 0 Å². The molecule has 0 aliphatic heterocycles. The Balaban J connectivity index is 1.81. The summed E-state index contributed by atoms with van der Waals surface area (Å²) in [6, 6.07) is 11.8. The molecule has 0 amide bonds. The maximum absolute atomic E-state index is 13.3. The number of hydrogen-bond acceptors (Lipinski definition) is 2. The van der Waals surface area contributed by atoms with Gasteiger partial charge >= 0.3 is 0 Å². The lowest BCUT2D eigenvalue weighted by molar-refractivity contribution is 0.218. The Bertz CT molecular complexity index is 603. The van der Waals surface area contributed by atoms with Crippen LogP contribution in [0.1, 0.15) is 35.6 Å². The SMILES string of the molecule is Cc1ccc(F)cc1C(O)c1ccc(OC2CC2)cc1. The van der Waals surface area contributed by atoms with Gasteiger partial charge in [0.05, 0.1) is 6.10 Å². The van der Waals surface area contributed by atoms with Crippen molar-refractivity contribution < 1.29 is 14.2 Å². The zero-order chi connectivity index (χ0) is 14.1. The number of halogens is 1. The fraction of sp³-hybridized carbons (Fsp3) is 0.294. The van der Waals surface area contributed by atoms with E-state index in [9.17, 15) is 9.50 Å². The maximum atomic E-state index is 13.3. The first-order valence-corrected chi connectivity index (χ1v) is 6.84. The molecule has 0 bridgehead atoms.